The van der Waals surface area contributed by atoms with Gasteiger partial charge in [0, 0.05) is 0 Å². The molecule has 1 amide bonds. The van der Waals surface area contributed by atoms with Crippen LogP contribution < -0.4 is 14.9 Å². The first kappa shape index (κ1) is 11.1. The fourth-order valence-corrected chi connectivity index (χ4v) is 3.50. The van der Waals surface area contributed by atoms with E-state index in [0.29, 0.717) is 16.6 Å². The molecule has 1 aliphatic rings. The molecule has 5 heteroatoms. The molecule has 1 heterocycles. The van der Waals surface area contributed by atoms with Crippen molar-refractivity contribution in [3.05, 3.63) is 60.2 Å². The van der Waals surface area contributed by atoms with E-state index in [4.69, 9.17) is 4.52 Å². The first-order valence-corrected chi connectivity index (χ1v) is 7.08. The van der Waals surface area contributed by atoms with Gasteiger partial charge in [-0.15, -0.1) is 0 Å². The Bertz CT molecular complexity index is 654. The lowest BCUT2D eigenvalue weighted by atomic mass is 10.2. The van der Waals surface area contributed by atoms with E-state index in [2.05, 4.69) is 5.09 Å². The quantitative estimate of drug-likeness (QED) is 0.799. The van der Waals surface area contributed by atoms with Gasteiger partial charge in [-0.3, -0.25) is 9.88 Å². The van der Waals surface area contributed by atoms with E-state index in [-0.39, 0.29) is 5.91 Å². The maximum Gasteiger partial charge on any atom is 0.374 e. The van der Waals surface area contributed by atoms with Gasteiger partial charge in [0.15, 0.2) is 0 Å². The Morgan fingerprint density at radius 1 is 0.944 bits per heavy atom. The van der Waals surface area contributed by atoms with Crippen LogP contribution in [0.2, 0.25) is 0 Å². The number of nitrogens with one attached hydrogen (secondary N) is 1. The lowest BCUT2D eigenvalue weighted by molar-refractivity contribution is 0.0970. The number of benzene rings is 2. The van der Waals surface area contributed by atoms with Gasteiger partial charge in [-0.05, 0) is 24.3 Å². The van der Waals surface area contributed by atoms with E-state index >= 15 is 0 Å². The summed E-state index contributed by atoms with van der Waals surface area (Å²) in [6.07, 6.45) is 0. The van der Waals surface area contributed by atoms with E-state index < -0.39 is 7.52 Å². The van der Waals surface area contributed by atoms with E-state index in [0.717, 1.165) is 0 Å². The Kier molecular flexibility index (Phi) is 2.46. The zero-order valence-electron chi connectivity index (χ0n) is 9.37. The maximum atomic E-state index is 12.7. The van der Waals surface area contributed by atoms with Gasteiger partial charge in [-0.2, -0.15) is 0 Å². The van der Waals surface area contributed by atoms with Crippen LogP contribution >= 0.6 is 7.52 Å². The number of carbonyl (C=O) groups is 1. The molecule has 1 unspecified atom stereocenters. The van der Waals surface area contributed by atoms with E-state index in [1.807, 2.05) is 6.07 Å². The third-order valence-electron chi connectivity index (χ3n) is 2.70. The highest BCUT2D eigenvalue weighted by atomic mass is 31.2. The van der Waals surface area contributed by atoms with Crippen molar-refractivity contribution in [2.45, 2.75) is 0 Å². The molecule has 1 atom stereocenters. The Balaban J connectivity index is 2.09. The Hall–Kier alpha value is -2.06. The number of hydrogen-bond acceptors (Lipinski definition) is 3. The summed E-state index contributed by atoms with van der Waals surface area (Å²) >= 11 is 0. The second kappa shape index (κ2) is 4.00. The summed E-state index contributed by atoms with van der Waals surface area (Å²) in [5, 5.41) is 2.94. The number of fused-ring (bicyclic) bond motifs is 1. The van der Waals surface area contributed by atoms with Crippen LogP contribution in [0.25, 0.3) is 0 Å². The Morgan fingerprint density at radius 2 is 1.61 bits per heavy atom. The van der Waals surface area contributed by atoms with Crippen LogP contribution in [0, 0.1) is 0 Å². The van der Waals surface area contributed by atoms with Gasteiger partial charge in [-0.25, -0.2) is 4.57 Å². The molecule has 0 saturated heterocycles. The molecule has 0 fully saturated rings. The fourth-order valence-electron chi connectivity index (χ4n) is 1.83. The SMILES string of the molecule is O=C1NP(=O)(c2ccccc2)Oc2ccccc21. The first-order valence-electron chi connectivity index (χ1n) is 5.46. The monoisotopic (exact) mass is 259 g/mol. The molecule has 2 aromatic carbocycles. The highest BCUT2D eigenvalue weighted by Crippen LogP contribution is 2.46. The smallest absolute Gasteiger partial charge is 0.374 e. The van der Waals surface area contributed by atoms with Crippen molar-refractivity contribution in [1.82, 2.24) is 5.09 Å². The molecule has 0 aliphatic carbocycles. The molecule has 4 nitrogen and oxygen atoms in total. The van der Waals surface area contributed by atoms with E-state index in [1.54, 1.807) is 48.5 Å². The van der Waals surface area contributed by atoms with Crippen LogP contribution in [0.3, 0.4) is 0 Å². The lowest BCUT2D eigenvalue weighted by Crippen LogP contribution is -2.33. The number of para-hydroxylation sites is 1. The van der Waals surface area contributed by atoms with Crippen molar-refractivity contribution >= 4 is 18.7 Å². The number of amides is 1. The third kappa shape index (κ3) is 1.71. The van der Waals surface area contributed by atoms with Gasteiger partial charge in [0.25, 0.3) is 5.91 Å². The average Bonchev–Trinajstić information content (AvgIpc) is 2.40. The largest absolute Gasteiger partial charge is 0.425 e. The van der Waals surface area contributed by atoms with Crippen molar-refractivity contribution in [3.8, 4) is 5.75 Å². The van der Waals surface area contributed by atoms with Crippen LogP contribution in [-0.2, 0) is 4.57 Å². The summed E-state index contributed by atoms with van der Waals surface area (Å²) < 4.78 is 18.2. The van der Waals surface area contributed by atoms with Gasteiger partial charge in [-0.1, -0.05) is 30.3 Å². The zero-order chi connectivity index (χ0) is 12.6. The summed E-state index contributed by atoms with van der Waals surface area (Å²) in [4.78, 5) is 11.9. The van der Waals surface area contributed by atoms with Gasteiger partial charge in [0.1, 0.15) is 5.75 Å². The molecule has 1 N–H and O–H groups in total. The van der Waals surface area contributed by atoms with Crippen molar-refractivity contribution < 1.29 is 13.9 Å². The highest BCUT2D eigenvalue weighted by molar-refractivity contribution is 7.66. The van der Waals surface area contributed by atoms with Crippen molar-refractivity contribution in [1.29, 1.82) is 0 Å². The molecule has 1 aliphatic heterocycles. The molecule has 0 spiro atoms. The van der Waals surface area contributed by atoms with Crippen LogP contribution in [0.5, 0.6) is 5.75 Å². The Labute approximate surface area is 104 Å². The fraction of sp³-hybridized carbons (Fsp3) is 0. The maximum absolute atomic E-state index is 12.7. The van der Waals surface area contributed by atoms with Gasteiger partial charge < -0.3 is 4.52 Å². The summed E-state index contributed by atoms with van der Waals surface area (Å²) in [6.45, 7) is 0. The van der Waals surface area contributed by atoms with Crippen molar-refractivity contribution in [3.63, 3.8) is 0 Å². The molecule has 90 valence electrons. The molecule has 2 aromatic rings. The molecule has 0 aromatic heterocycles. The predicted octanol–water partition coefficient (Wildman–Crippen LogP) is 2.33. The molecular formula is C13H10NO3P. The molecule has 0 radical (unpaired) electrons. The third-order valence-corrected chi connectivity index (χ3v) is 4.63. The molecule has 0 saturated carbocycles. The summed E-state index contributed by atoms with van der Waals surface area (Å²) in [6, 6.07) is 15.4. The minimum atomic E-state index is -3.35. The molecule has 3 rings (SSSR count). The van der Waals surface area contributed by atoms with E-state index in [9.17, 15) is 9.36 Å². The van der Waals surface area contributed by atoms with Crippen LogP contribution in [-0.4, -0.2) is 5.91 Å². The van der Waals surface area contributed by atoms with Crippen molar-refractivity contribution in [2.75, 3.05) is 0 Å². The van der Waals surface area contributed by atoms with Crippen LogP contribution in [0.4, 0.5) is 0 Å². The molecule has 0 bridgehead atoms. The van der Waals surface area contributed by atoms with Crippen LogP contribution in [0.1, 0.15) is 10.4 Å². The highest BCUT2D eigenvalue weighted by Gasteiger charge is 2.36. The second-order valence-corrected chi connectivity index (χ2v) is 5.94. The predicted molar refractivity (Wildman–Crippen MR) is 68.2 cm³/mol. The van der Waals surface area contributed by atoms with Gasteiger partial charge >= 0.3 is 7.52 Å². The number of rotatable bonds is 1. The average molecular weight is 259 g/mol. The van der Waals surface area contributed by atoms with E-state index in [1.165, 1.54) is 0 Å². The van der Waals surface area contributed by atoms with Crippen LogP contribution in [0.15, 0.2) is 54.6 Å². The van der Waals surface area contributed by atoms with Gasteiger partial charge in [0.2, 0.25) is 0 Å². The number of carbonyl (C=O) groups excluding carboxylic acids is 1. The summed E-state index contributed by atoms with van der Waals surface area (Å²) in [5.74, 6) is -0.0162. The second-order valence-electron chi connectivity index (χ2n) is 3.92. The minimum absolute atomic E-state index is 0.355. The normalized spacial score (nSPS) is 21.7. The minimum Gasteiger partial charge on any atom is -0.425 e. The number of hydrogen-bond donors (Lipinski definition) is 1. The lowest BCUT2D eigenvalue weighted by Gasteiger charge is -2.26. The summed E-state index contributed by atoms with van der Waals surface area (Å²) in [7, 11) is -3.35. The van der Waals surface area contributed by atoms with Crippen molar-refractivity contribution in [2.24, 2.45) is 0 Å². The van der Waals surface area contributed by atoms with Gasteiger partial charge in [0.05, 0.1) is 10.9 Å². The Morgan fingerprint density at radius 3 is 2.39 bits per heavy atom. The molecular weight excluding hydrogens is 249 g/mol. The first-order chi connectivity index (χ1) is 8.69. The zero-order valence-corrected chi connectivity index (χ0v) is 10.3. The standard InChI is InChI=1S/C13H10NO3P/c15-13-11-8-4-5-9-12(11)17-18(16,14-13)10-6-2-1-3-7-10/h1-9H,(H,14,15,16). The summed E-state index contributed by atoms with van der Waals surface area (Å²) in [5.41, 5.74) is 0.403. The molecule has 18 heavy (non-hydrogen) atoms. The topological polar surface area (TPSA) is 55.4 Å².